The number of carbonyl (C=O) groups is 2. The molecule has 1 aliphatic carbocycles. The van der Waals surface area contributed by atoms with E-state index in [1.54, 1.807) is 0 Å². The van der Waals surface area contributed by atoms with E-state index in [1.165, 1.54) is 37.0 Å². The summed E-state index contributed by atoms with van der Waals surface area (Å²) in [5.41, 5.74) is -0.674. The quantitative estimate of drug-likeness (QED) is 0.749. The van der Waals surface area contributed by atoms with Gasteiger partial charge in [-0.3, -0.25) is 14.6 Å². The Morgan fingerprint density at radius 3 is 2.65 bits per heavy atom. The van der Waals surface area contributed by atoms with E-state index in [0.717, 1.165) is 26.1 Å². The fourth-order valence-electron chi connectivity index (χ4n) is 4.20. The van der Waals surface area contributed by atoms with Gasteiger partial charge in [-0.1, -0.05) is 19.3 Å². The Balaban J connectivity index is 1.48. The van der Waals surface area contributed by atoms with Crippen molar-refractivity contribution in [2.75, 3.05) is 26.2 Å². The molecule has 0 unspecified atom stereocenters. The van der Waals surface area contributed by atoms with Crippen LogP contribution in [0, 0.1) is 0 Å². The van der Waals surface area contributed by atoms with Gasteiger partial charge in [0, 0.05) is 38.3 Å². The Morgan fingerprint density at radius 1 is 1.26 bits per heavy atom. The Morgan fingerprint density at radius 2 is 2.00 bits per heavy atom. The van der Waals surface area contributed by atoms with Crippen LogP contribution in [0.5, 0.6) is 0 Å². The highest BCUT2D eigenvalue weighted by Gasteiger charge is 2.54. The van der Waals surface area contributed by atoms with Crippen molar-refractivity contribution in [1.82, 2.24) is 20.4 Å². The molecule has 1 spiro atoms. The van der Waals surface area contributed by atoms with Gasteiger partial charge >= 0.3 is 6.03 Å². The van der Waals surface area contributed by atoms with E-state index in [9.17, 15) is 9.59 Å². The van der Waals surface area contributed by atoms with Gasteiger partial charge in [0.2, 0.25) is 0 Å². The van der Waals surface area contributed by atoms with Crippen LogP contribution in [0.2, 0.25) is 0 Å². The average molecular weight is 322 g/mol. The lowest BCUT2D eigenvalue weighted by Gasteiger charge is -2.25. The van der Waals surface area contributed by atoms with Crippen LogP contribution in [0.4, 0.5) is 4.79 Å². The predicted octanol–water partition coefficient (Wildman–Crippen LogP) is 1.31. The molecule has 0 bridgehead atoms. The number of nitrogens with one attached hydrogen (secondary N) is 2. The fraction of sp³-hybridized carbons (Fsp3) is 0.882. The largest absolute Gasteiger partial charge is 0.325 e. The third-order valence-electron chi connectivity index (χ3n) is 5.52. The molecule has 130 valence electrons. The van der Waals surface area contributed by atoms with Crippen molar-refractivity contribution in [2.24, 2.45) is 0 Å². The third kappa shape index (κ3) is 3.38. The smallest absolute Gasteiger partial charge is 0.322 e. The Hall–Kier alpha value is -1.14. The molecule has 3 rings (SSSR count). The molecule has 3 aliphatic rings. The second kappa shape index (κ2) is 6.77. The van der Waals surface area contributed by atoms with E-state index in [4.69, 9.17) is 0 Å². The Labute approximate surface area is 139 Å². The fourth-order valence-corrected chi connectivity index (χ4v) is 4.20. The third-order valence-corrected chi connectivity index (χ3v) is 5.52. The van der Waals surface area contributed by atoms with E-state index in [0.29, 0.717) is 12.6 Å². The first-order chi connectivity index (χ1) is 11.0. The summed E-state index contributed by atoms with van der Waals surface area (Å²) in [5.74, 6) is -0.0414. The minimum absolute atomic E-state index is 0.0414. The minimum atomic E-state index is -0.674. The SMILES string of the molecule is CC(C)N1C(=O)N[C@]2(CCN(CCNC3CCCCC3)C2)C1=O. The van der Waals surface area contributed by atoms with E-state index < -0.39 is 5.54 Å². The molecule has 6 heteroatoms. The van der Waals surface area contributed by atoms with Gasteiger partial charge in [-0.15, -0.1) is 0 Å². The molecule has 0 aromatic rings. The monoisotopic (exact) mass is 322 g/mol. The van der Waals surface area contributed by atoms with Crippen molar-refractivity contribution in [2.45, 2.75) is 70.0 Å². The molecule has 2 heterocycles. The Bertz CT molecular complexity index is 462. The maximum absolute atomic E-state index is 12.6. The normalized spacial score (nSPS) is 30.0. The van der Waals surface area contributed by atoms with Crippen molar-refractivity contribution in [1.29, 1.82) is 0 Å². The molecule has 2 aliphatic heterocycles. The van der Waals surface area contributed by atoms with Crippen molar-refractivity contribution in [3.8, 4) is 0 Å². The molecule has 2 N–H and O–H groups in total. The second-order valence-corrected chi connectivity index (χ2v) is 7.60. The first-order valence-electron chi connectivity index (χ1n) is 9.13. The first kappa shape index (κ1) is 16.7. The van der Waals surface area contributed by atoms with Crippen molar-refractivity contribution < 1.29 is 9.59 Å². The van der Waals surface area contributed by atoms with Crippen LogP contribution in [0.1, 0.15) is 52.4 Å². The highest BCUT2D eigenvalue weighted by molar-refractivity contribution is 6.07. The summed E-state index contributed by atoms with van der Waals surface area (Å²) in [4.78, 5) is 28.4. The number of carbonyl (C=O) groups excluding carboxylic acids is 2. The maximum Gasteiger partial charge on any atom is 0.325 e. The summed E-state index contributed by atoms with van der Waals surface area (Å²) >= 11 is 0. The lowest BCUT2D eigenvalue weighted by molar-refractivity contribution is -0.132. The van der Waals surface area contributed by atoms with Crippen LogP contribution in [0.25, 0.3) is 0 Å². The average Bonchev–Trinajstić information content (AvgIpc) is 3.02. The number of likely N-dealkylation sites (tertiary alicyclic amines) is 1. The molecule has 3 amide bonds. The summed E-state index contributed by atoms with van der Waals surface area (Å²) in [6, 6.07) is 0.362. The number of rotatable bonds is 5. The van der Waals surface area contributed by atoms with Crippen LogP contribution in [-0.4, -0.2) is 65.5 Å². The summed E-state index contributed by atoms with van der Waals surface area (Å²) in [6.07, 6.45) is 7.38. The van der Waals surface area contributed by atoms with E-state index in [1.807, 2.05) is 13.8 Å². The van der Waals surface area contributed by atoms with Gasteiger partial charge in [0.25, 0.3) is 5.91 Å². The van der Waals surface area contributed by atoms with Gasteiger partial charge in [0.1, 0.15) is 5.54 Å². The van der Waals surface area contributed by atoms with Crippen molar-refractivity contribution in [3.05, 3.63) is 0 Å². The van der Waals surface area contributed by atoms with Gasteiger partial charge in [0.05, 0.1) is 0 Å². The highest BCUT2D eigenvalue weighted by atomic mass is 16.2. The summed E-state index contributed by atoms with van der Waals surface area (Å²) in [7, 11) is 0. The van der Waals surface area contributed by atoms with Crippen molar-refractivity contribution >= 4 is 11.9 Å². The standard InChI is InChI=1S/C17H30N4O2/c1-13(2)21-15(22)17(19-16(21)23)8-10-20(12-17)11-9-18-14-6-4-3-5-7-14/h13-14,18H,3-12H2,1-2H3,(H,19,23)/t17-/m0/s1. The number of hydrogen-bond acceptors (Lipinski definition) is 4. The van der Waals surface area contributed by atoms with E-state index >= 15 is 0 Å². The number of urea groups is 1. The van der Waals surface area contributed by atoms with Gasteiger partial charge in [-0.2, -0.15) is 0 Å². The first-order valence-corrected chi connectivity index (χ1v) is 9.13. The summed E-state index contributed by atoms with van der Waals surface area (Å²) in [6.45, 7) is 7.21. The molecule has 0 radical (unpaired) electrons. The Kier molecular flexibility index (Phi) is 4.92. The highest BCUT2D eigenvalue weighted by Crippen LogP contribution is 2.29. The van der Waals surface area contributed by atoms with Crippen LogP contribution in [0.15, 0.2) is 0 Å². The summed E-state index contributed by atoms with van der Waals surface area (Å²) in [5, 5.41) is 6.61. The molecule has 0 aromatic heterocycles. The van der Waals surface area contributed by atoms with Crippen LogP contribution in [-0.2, 0) is 4.79 Å². The molecular weight excluding hydrogens is 292 g/mol. The zero-order chi connectivity index (χ0) is 16.4. The minimum Gasteiger partial charge on any atom is -0.322 e. The van der Waals surface area contributed by atoms with E-state index in [2.05, 4.69) is 15.5 Å². The zero-order valence-electron chi connectivity index (χ0n) is 14.4. The summed E-state index contributed by atoms with van der Waals surface area (Å²) < 4.78 is 0. The van der Waals surface area contributed by atoms with Crippen LogP contribution < -0.4 is 10.6 Å². The lowest BCUT2D eigenvalue weighted by Crippen LogP contribution is -2.50. The molecule has 0 aromatic carbocycles. The molecular formula is C17H30N4O2. The molecule has 2 saturated heterocycles. The topological polar surface area (TPSA) is 64.7 Å². The van der Waals surface area contributed by atoms with Gasteiger partial charge < -0.3 is 10.6 Å². The molecule has 6 nitrogen and oxygen atoms in total. The van der Waals surface area contributed by atoms with Crippen LogP contribution in [0.3, 0.4) is 0 Å². The number of imide groups is 1. The lowest BCUT2D eigenvalue weighted by atomic mass is 9.95. The molecule has 1 saturated carbocycles. The predicted molar refractivity (Wildman–Crippen MR) is 89.2 cm³/mol. The molecule has 1 atom stereocenters. The molecule has 3 fully saturated rings. The maximum atomic E-state index is 12.6. The number of hydrogen-bond donors (Lipinski definition) is 2. The number of nitrogens with zero attached hydrogens (tertiary/aromatic N) is 2. The van der Waals surface area contributed by atoms with Crippen LogP contribution >= 0.6 is 0 Å². The van der Waals surface area contributed by atoms with Gasteiger partial charge in [-0.25, -0.2) is 4.79 Å². The van der Waals surface area contributed by atoms with Gasteiger partial charge in [-0.05, 0) is 33.1 Å². The second-order valence-electron chi connectivity index (χ2n) is 7.60. The zero-order valence-corrected chi connectivity index (χ0v) is 14.4. The van der Waals surface area contributed by atoms with Gasteiger partial charge in [0.15, 0.2) is 0 Å². The number of amides is 3. The molecule has 23 heavy (non-hydrogen) atoms. The van der Waals surface area contributed by atoms with E-state index in [-0.39, 0.29) is 18.0 Å². The van der Waals surface area contributed by atoms with Crippen molar-refractivity contribution in [3.63, 3.8) is 0 Å².